The molecule has 0 spiro atoms. The Labute approximate surface area is 178 Å². The van der Waals surface area contributed by atoms with Gasteiger partial charge in [0.25, 0.3) is 5.56 Å². The summed E-state index contributed by atoms with van der Waals surface area (Å²) in [6.45, 7) is 0.457. The van der Waals surface area contributed by atoms with Crippen LogP contribution in [0.15, 0.2) is 83.7 Å². The molecule has 2 heterocycles. The largest absolute Gasteiger partial charge is 0.378 e. The molecule has 0 fully saturated rings. The number of hydrogen-bond donors (Lipinski definition) is 1. The van der Waals surface area contributed by atoms with Gasteiger partial charge in [-0.05, 0) is 42.5 Å². The molecule has 0 amide bonds. The quantitative estimate of drug-likeness (QED) is 0.466. The molecule has 0 bridgehead atoms. The van der Waals surface area contributed by atoms with Crippen molar-refractivity contribution in [2.24, 2.45) is 7.05 Å². The molecule has 1 N–H and O–H groups in total. The van der Waals surface area contributed by atoms with Gasteiger partial charge < -0.3 is 5.32 Å². The maximum absolute atomic E-state index is 12.6. The van der Waals surface area contributed by atoms with Crippen LogP contribution in [0, 0.1) is 11.8 Å². The zero-order valence-electron chi connectivity index (χ0n) is 16.9. The van der Waals surface area contributed by atoms with Crippen molar-refractivity contribution in [2.45, 2.75) is 6.54 Å². The molecule has 6 nitrogen and oxygen atoms in total. The summed E-state index contributed by atoms with van der Waals surface area (Å²) in [5.41, 5.74) is 3.55. The van der Waals surface area contributed by atoms with Crippen LogP contribution in [0.2, 0.25) is 0 Å². The second-order valence-electron chi connectivity index (χ2n) is 7.18. The lowest BCUT2D eigenvalue weighted by molar-refractivity contribution is 0.855. The van der Waals surface area contributed by atoms with Crippen LogP contribution in [0.25, 0.3) is 16.7 Å². The molecule has 150 valence electrons. The third-order valence-corrected chi connectivity index (χ3v) is 5.13. The van der Waals surface area contributed by atoms with Gasteiger partial charge in [-0.2, -0.15) is 0 Å². The predicted octanol–water partition coefficient (Wildman–Crippen LogP) is 3.59. The maximum Gasteiger partial charge on any atom is 0.262 e. The van der Waals surface area contributed by atoms with Crippen LogP contribution in [0.1, 0.15) is 17.0 Å². The molecule has 0 aliphatic heterocycles. The number of nitrogens with zero attached hydrogens (tertiary/aromatic N) is 4. The molecule has 3 aromatic carbocycles. The fourth-order valence-electron chi connectivity index (χ4n) is 3.56. The molecule has 0 radical (unpaired) electrons. The first-order valence-corrected chi connectivity index (χ1v) is 9.93. The van der Waals surface area contributed by atoms with Crippen molar-refractivity contribution in [3.05, 3.63) is 106 Å². The molecule has 31 heavy (non-hydrogen) atoms. The fraction of sp³-hybridized carbons (Fsp3) is 0.0800. The normalized spacial score (nSPS) is 10.7. The summed E-state index contributed by atoms with van der Waals surface area (Å²) in [7, 11) is 1.71. The van der Waals surface area contributed by atoms with E-state index in [4.69, 9.17) is 0 Å². The Hall–Kier alpha value is -4.37. The van der Waals surface area contributed by atoms with Crippen molar-refractivity contribution >= 4 is 22.4 Å². The van der Waals surface area contributed by atoms with E-state index >= 15 is 0 Å². The molecule has 6 heteroatoms. The van der Waals surface area contributed by atoms with Crippen LogP contribution < -0.4 is 10.9 Å². The number of nitrogens with one attached hydrogen (secondary N) is 1. The Balaban J connectivity index is 1.45. The van der Waals surface area contributed by atoms with Gasteiger partial charge in [0.15, 0.2) is 5.82 Å². The van der Waals surface area contributed by atoms with Crippen LogP contribution in [-0.4, -0.2) is 19.2 Å². The Morgan fingerprint density at radius 2 is 1.61 bits per heavy atom. The van der Waals surface area contributed by atoms with E-state index in [1.807, 2.05) is 83.3 Å². The van der Waals surface area contributed by atoms with E-state index < -0.39 is 0 Å². The van der Waals surface area contributed by atoms with E-state index in [0.717, 1.165) is 28.2 Å². The first-order valence-electron chi connectivity index (χ1n) is 9.93. The Morgan fingerprint density at radius 3 is 2.48 bits per heavy atom. The molecule has 0 saturated heterocycles. The molecular weight excluding hydrogens is 386 g/mol. The van der Waals surface area contributed by atoms with E-state index in [1.165, 1.54) is 4.57 Å². The van der Waals surface area contributed by atoms with E-state index in [9.17, 15) is 4.79 Å². The molecule has 0 aliphatic rings. The monoisotopic (exact) mass is 405 g/mol. The Bertz CT molecular complexity index is 1520. The lowest BCUT2D eigenvalue weighted by atomic mass is 10.1. The molecule has 5 rings (SSSR count). The predicted molar refractivity (Wildman–Crippen MR) is 122 cm³/mol. The minimum absolute atomic E-state index is 0.0836. The van der Waals surface area contributed by atoms with Gasteiger partial charge in [0.05, 0.1) is 17.4 Å². The van der Waals surface area contributed by atoms with E-state index in [1.54, 1.807) is 7.05 Å². The number of para-hydroxylation sites is 1. The number of hydrogen-bond acceptors (Lipinski definition) is 4. The standard InChI is InChI=1S/C25H19N5O/c1-29-24(31)21-12-5-6-13-22(21)30-23(27-28-25(29)30)17-26-20-11-7-10-19(16-20)15-14-18-8-3-2-4-9-18/h2-13,16,26H,17H2,1H3. The van der Waals surface area contributed by atoms with Gasteiger partial charge in [0, 0.05) is 23.9 Å². The minimum atomic E-state index is -0.0836. The zero-order valence-corrected chi connectivity index (χ0v) is 16.9. The van der Waals surface area contributed by atoms with Gasteiger partial charge in [-0.25, -0.2) is 0 Å². The highest BCUT2D eigenvalue weighted by Gasteiger charge is 2.14. The summed E-state index contributed by atoms with van der Waals surface area (Å²) in [5, 5.41) is 12.6. The number of fused-ring (bicyclic) bond motifs is 3. The van der Waals surface area contributed by atoms with Crippen molar-refractivity contribution in [3.63, 3.8) is 0 Å². The summed E-state index contributed by atoms with van der Waals surface area (Å²) < 4.78 is 3.45. The Kier molecular flexibility index (Phi) is 4.70. The van der Waals surface area contributed by atoms with Crippen LogP contribution in [0.3, 0.4) is 0 Å². The average Bonchev–Trinajstić information content (AvgIpc) is 3.25. The highest BCUT2D eigenvalue weighted by molar-refractivity contribution is 5.80. The van der Waals surface area contributed by atoms with Crippen LogP contribution in [-0.2, 0) is 13.6 Å². The average molecular weight is 405 g/mol. The lowest BCUT2D eigenvalue weighted by Crippen LogP contribution is -2.20. The van der Waals surface area contributed by atoms with Crippen molar-refractivity contribution in [2.75, 3.05) is 5.32 Å². The fourth-order valence-corrected chi connectivity index (χ4v) is 3.56. The molecule has 0 atom stereocenters. The molecule has 0 unspecified atom stereocenters. The van der Waals surface area contributed by atoms with Crippen molar-refractivity contribution in [1.82, 2.24) is 19.2 Å². The van der Waals surface area contributed by atoms with Gasteiger partial charge in [0.1, 0.15) is 0 Å². The third kappa shape index (κ3) is 3.53. The number of benzene rings is 3. The topological polar surface area (TPSA) is 64.2 Å². The highest BCUT2D eigenvalue weighted by atomic mass is 16.1. The third-order valence-electron chi connectivity index (χ3n) is 5.13. The molecule has 5 aromatic rings. The van der Waals surface area contributed by atoms with Crippen LogP contribution in [0.4, 0.5) is 5.69 Å². The number of rotatable bonds is 3. The van der Waals surface area contributed by atoms with Gasteiger partial charge in [-0.1, -0.05) is 48.2 Å². The number of aromatic nitrogens is 4. The van der Waals surface area contributed by atoms with E-state index in [-0.39, 0.29) is 5.56 Å². The van der Waals surface area contributed by atoms with Gasteiger partial charge in [0.2, 0.25) is 5.78 Å². The molecule has 2 aromatic heterocycles. The first kappa shape index (κ1) is 18.6. The van der Waals surface area contributed by atoms with Crippen molar-refractivity contribution < 1.29 is 0 Å². The molecule has 0 saturated carbocycles. The number of anilines is 1. The van der Waals surface area contributed by atoms with Crippen LogP contribution >= 0.6 is 0 Å². The summed E-state index contributed by atoms with van der Waals surface area (Å²) in [5.74, 6) is 7.62. The Morgan fingerprint density at radius 1 is 0.871 bits per heavy atom. The van der Waals surface area contributed by atoms with E-state index in [2.05, 4.69) is 27.4 Å². The summed E-state index contributed by atoms with van der Waals surface area (Å²) >= 11 is 0. The SMILES string of the molecule is Cn1c(=O)c2ccccc2n2c(CNc3cccc(C#Cc4ccccc4)c3)nnc12. The van der Waals surface area contributed by atoms with E-state index in [0.29, 0.717) is 17.7 Å². The first-order chi connectivity index (χ1) is 15.2. The van der Waals surface area contributed by atoms with Crippen molar-refractivity contribution in [3.8, 4) is 11.8 Å². The second-order valence-corrected chi connectivity index (χ2v) is 7.18. The number of aryl methyl sites for hydroxylation is 1. The molecular formula is C25H19N5O. The lowest BCUT2D eigenvalue weighted by Gasteiger charge is -2.09. The van der Waals surface area contributed by atoms with Gasteiger partial charge >= 0.3 is 0 Å². The smallest absolute Gasteiger partial charge is 0.262 e. The van der Waals surface area contributed by atoms with Gasteiger partial charge in [-0.3, -0.25) is 13.8 Å². The minimum Gasteiger partial charge on any atom is -0.378 e. The van der Waals surface area contributed by atoms with Crippen LogP contribution in [0.5, 0.6) is 0 Å². The summed E-state index contributed by atoms with van der Waals surface area (Å²) in [6.07, 6.45) is 0. The zero-order chi connectivity index (χ0) is 21.2. The maximum atomic E-state index is 12.6. The second kappa shape index (κ2) is 7.81. The summed E-state index contributed by atoms with van der Waals surface area (Å²) in [4.78, 5) is 12.6. The highest BCUT2D eigenvalue weighted by Crippen LogP contribution is 2.16. The molecule has 0 aliphatic carbocycles. The van der Waals surface area contributed by atoms with Gasteiger partial charge in [-0.15, -0.1) is 10.2 Å². The van der Waals surface area contributed by atoms with Crippen molar-refractivity contribution in [1.29, 1.82) is 0 Å². The summed E-state index contributed by atoms with van der Waals surface area (Å²) in [6, 6.07) is 25.4.